The zero-order valence-electron chi connectivity index (χ0n) is 8.17. The second-order valence-electron chi connectivity index (χ2n) is 3.05. The van der Waals surface area contributed by atoms with Gasteiger partial charge in [0.25, 0.3) is 0 Å². The minimum Gasteiger partial charge on any atom is -0.390 e. The third kappa shape index (κ3) is 3.45. The molecule has 0 spiro atoms. The Kier molecular flexibility index (Phi) is 5.02. The SMILES string of the molecule is C=CCC(O)C(Cl)S(=O)c1ccccc1. The van der Waals surface area contributed by atoms with Gasteiger partial charge in [-0.2, -0.15) is 0 Å². The van der Waals surface area contributed by atoms with Crippen molar-refractivity contribution >= 4 is 22.4 Å². The van der Waals surface area contributed by atoms with Gasteiger partial charge < -0.3 is 5.11 Å². The predicted molar refractivity (Wildman–Crippen MR) is 63.3 cm³/mol. The molecule has 0 amide bonds. The summed E-state index contributed by atoms with van der Waals surface area (Å²) in [7, 11) is -1.39. The van der Waals surface area contributed by atoms with E-state index in [-0.39, 0.29) is 0 Å². The molecular weight excluding hydrogens is 232 g/mol. The van der Waals surface area contributed by atoms with Gasteiger partial charge in [-0.25, -0.2) is 0 Å². The summed E-state index contributed by atoms with van der Waals surface area (Å²) in [6.45, 7) is 3.50. The van der Waals surface area contributed by atoms with E-state index in [2.05, 4.69) is 6.58 Å². The first-order valence-corrected chi connectivity index (χ1v) is 6.20. The summed E-state index contributed by atoms with van der Waals surface area (Å²) in [5.74, 6) is 0. The van der Waals surface area contributed by atoms with Gasteiger partial charge in [0.1, 0.15) is 4.71 Å². The van der Waals surface area contributed by atoms with E-state index in [0.717, 1.165) is 0 Å². The highest BCUT2D eigenvalue weighted by Gasteiger charge is 2.22. The Balaban J connectivity index is 2.73. The molecule has 0 saturated heterocycles. The second kappa shape index (κ2) is 6.05. The molecule has 0 aliphatic carbocycles. The molecule has 82 valence electrons. The van der Waals surface area contributed by atoms with Gasteiger partial charge in [-0.3, -0.25) is 4.21 Å². The van der Waals surface area contributed by atoms with E-state index in [4.69, 9.17) is 11.6 Å². The van der Waals surface area contributed by atoms with E-state index in [1.54, 1.807) is 30.3 Å². The number of alkyl halides is 1. The zero-order chi connectivity index (χ0) is 11.3. The predicted octanol–water partition coefficient (Wildman–Crippen LogP) is 2.30. The molecule has 15 heavy (non-hydrogen) atoms. The lowest BCUT2D eigenvalue weighted by Gasteiger charge is -2.14. The molecule has 1 aromatic carbocycles. The molecule has 0 saturated carbocycles. The number of benzene rings is 1. The molecule has 0 radical (unpaired) electrons. The molecule has 2 nitrogen and oxygen atoms in total. The summed E-state index contributed by atoms with van der Waals surface area (Å²) in [4.78, 5) is 0.626. The molecule has 0 fully saturated rings. The van der Waals surface area contributed by atoms with Crippen LogP contribution >= 0.6 is 11.6 Å². The summed E-state index contributed by atoms with van der Waals surface area (Å²) >= 11 is 5.90. The van der Waals surface area contributed by atoms with Gasteiger partial charge in [-0.15, -0.1) is 18.2 Å². The van der Waals surface area contributed by atoms with Crippen molar-refractivity contribution in [2.45, 2.75) is 22.1 Å². The number of hydrogen-bond donors (Lipinski definition) is 1. The first-order chi connectivity index (χ1) is 7.16. The number of halogens is 1. The molecule has 0 heterocycles. The summed E-state index contributed by atoms with van der Waals surface area (Å²) in [6.07, 6.45) is 1.07. The fraction of sp³-hybridized carbons (Fsp3) is 0.273. The number of rotatable bonds is 5. The minimum atomic E-state index is -1.39. The van der Waals surface area contributed by atoms with Crippen molar-refractivity contribution in [3.8, 4) is 0 Å². The van der Waals surface area contributed by atoms with Crippen molar-refractivity contribution in [3.05, 3.63) is 43.0 Å². The van der Waals surface area contributed by atoms with Crippen LogP contribution in [-0.2, 0) is 10.8 Å². The van der Waals surface area contributed by atoms with Crippen LogP contribution in [0.15, 0.2) is 47.9 Å². The fourth-order valence-corrected chi connectivity index (χ4v) is 2.60. The Morgan fingerprint density at radius 2 is 2.07 bits per heavy atom. The van der Waals surface area contributed by atoms with Crippen LogP contribution in [0.2, 0.25) is 0 Å². The van der Waals surface area contributed by atoms with Crippen LogP contribution in [0.4, 0.5) is 0 Å². The summed E-state index contributed by atoms with van der Waals surface area (Å²) in [5, 5.41) is 9.55. The molecule has 0 bridgehead atoms. The van der Waals surface area contributed by atoms with Crippen LogP contribution in [0.3, 0.4) is 0 Å². The van der Waals surface area contributed by atoms with Gasteiger partial charge in [0.15, 0.2) is 0 Å². The third-order valence-electron chi connectivity index (χ3n) is 1.89. The fourth-order valence-electron chi connectivity index (χ4n) is 1.11. The lowest BCUT2D eigenvalue weighted by Crippen LogP contribution is -2.24. The lowest BCUT2D eigenvalue weighted by atomic mass is 10.3. The third-order valence-corrected chi connectivity index (χ3v) is 4.13. The highest BCUT2D eigenvalue weighted by Crippen LogP contribution is 2.18. The van der Waals surface area contributed by atoms with Crippen molar-refractivity contribution < 1.29 is 9.32 Å². The average Bonchev–Trinajstić information content (AvgIpc) is 2.28. The topological polar surface area (TPSA) is 37.3 Å². The Morgan fingerprint density at radius 3 is 2.60 bits per heavy atom. The van der Waals surface area contributed by atoms with Crippen LogP contribution in [0.5, 0.6) is 0 Å². The van der Waals surface area contributed by atoms with Gasteiger partial charge in [0.05, 0.1) is 16.9 Å². The van der Waals surface area contributed by atoms with Crippen LogP contribution in [0, 0.1) is 0 Å². The molecule has 1 rings (SSSR count). The Morgan fingerprint density at radius 1 is 1.47 bits per heavy atom. The summed E-state index contributed by atoms with van der Waals surface area (Å²) in [6, 6.07) is 8.87. The molecule has 4 heteroatoms. The van der Waals surface area contributed by atoms with Gasteiger partial charge in [-0.05, 0) is 18.6 Å². The van der Waals surface area contributed by atoms with Gasteiger partial charge in [0, 0.05) is 4.90 Å². The maximum Gasteiger partial charge on any atom is 0.139 e. The largest absolute Gasteiger partial charge is 0.390 e. The molecule has 1 N–H and O–H groups in total. The molecule has 0 aromatic heterocycles. The Labute approximate surface area is 97.0 Å². The number of aliphatic hydroxyl groups is 1. The second-order valence-corrected chi connectivity index (χ2v) is 5.36. The summed E-state index contributed by atoms with van der Waals surface area (Å²) < 4.78 is 11.0. The van der Waals surface area contributed by atoms with E-state index >= 15 is 0 Å². The maximum atomic E-state index is 11.8. The van der Waals surface area contributed by atoms with Crippen LogP contribution in [0.1, 0.15) is 6.42 Å². The number of hydrogen-bond acceptors (Lipinski definition) is 2. The van der Waals surface area contributed by atoms with Gasteiger partial charge in [-0.1, -0.05) is 24.3 Å². The Bertz CT molecular complexity index is 340. The summed E-state index contributed by atoms with van der Waals surface area (Å²) in [5.41, 5.74) is 0. The molecule has 1 aromatic rings. The van der Waals surface area contributed by atoms with E-state index < -0.39 is 21.6 Å². The highest BCUT2D eigenvalue weighted by molar-refractivity contribution is 7.87. The lowest BCUT2D eigenvalue weighted by molar-refractivity contribution is 0.192. The minimum absolute atomic E-state index is 0.340. The molecule has 3 atom stereocenters. The first kappa shape index (κ1) is 12.4. The highest BCUT2D eigenvalue weighted by atomic mass is 35.5. The van der Waals surface area contributed by atoms with Gasteiger partial charge >= 0.3 is 0 Å². The van der Waals surface area contributed by atoms with Crippen LogP contribution in [0.25, 0.3) is 0 Å². The van der Waals surface area contributed by atoms with Crippen molar-refractivity contribution in [2.75, 3.05) is 0 Å². The quantitative estimate of drug-likeness (QED) is 0.638. The van der Waals surface area contributed by atoms with Crippen molar-refractivity contribution in [3.63, 3.8) is 0 Å². The number of aliphatic hydroxyl groups excluding tert-OH is 1. The standard InChI is InChI=1S/C11H13ClO2S/c1-2-6-10(13)11(12)15(14)9-7-4-3-5-8-9/h2-5,7-8,10-11,13H,1,6H2. The average molecular weight is 245 g/mol. The normalized spacial score (nSPS) is 16.7. The molecular formula is C11H13ClO2S. The zero-order valence-corrected chi connectivity index (χ0v) is 9.75. The van der Waals surface area contributed by atoms with E-state index in [1.807, 2.05) is 6.07 Å². The van der Waals surface area contributed by atoms with Crippen LogP contribution < -0.4 is 0 Å². The molecule has 3 unspecified atom stereocenters. The maximum absolute atomic E-state index is 11.8. The van der Waals surface area contributed by atoms with Crippen LogP contribution in [-0.4, -0.2) is 20.1 Å². The van der Waals surface area contributed by atoms with E-state index in [0.29, 0.717) is 11.3 Å². The van der Waals surface area contributed by atoms with Gasteiger partial charge in [0.2, 0.25) is 0 Å². The molecule has 0 aliphatic rings. The smallest absolute Gasteiger partial charge is 0.139 e. The van der Waals surface area contributed by atoms with Crippen molar-refractivity contribution in [1.29, 1.82) is 0 Å². The van der Waals surface area contributed by atoms with E-state index in [9.17, 15) is 9.32 Å². The monoisotopic (exact) mass is 244 g/mol. The Hall–Kier alpha value is -0.640. The first-order valence-electron chi connectivity index (χ1n) is 4.55. The van der Waals surface area contributed by atoms with E-state index in [1.165, 1.54) is 0 Å². The van der Waals surface area contributed by atoms with Crippen molar-refractivity contribution in [2.24, 2.45) is 0 Å². The van der Waals surface area contributed by atoms with Crippen molar-refractivity contribution in [1.82, 2.24) is 0 Å². The molecule has 0 aliphatic heterocycles.